The maximum atomic E-state index is 11.7. The van der Waals surface area contributed by atoms with E-state index in [1.807, 2.05) is 40.0 Å². The van der Waals surface area contributed by atoms with Crippen molar-refractivity contribution in [2.45, 2.75) is 39.5 Å². The Morgan fingerprint density at radius 1 is 1.26 bits per heavy atom. The lowest BCUT2D eigenvalue weighted by molar-refractivity contribution is 0.0378. The maximum Gasteiger partial charge on any atom is 0.338 e. The summed E-state index contributed by atoms with van der Waals surface area (Å²) >= 11 is 0. The lowest BCUT2D eigenvalue weighted by atomic mass is 10.1. The first kappa shape index (κ1) is 15.7. The Morgan fingerprint density at radius 2 is 1.84 bits per heavy atom. The largest absolute Gasteiger partial charge is 0.459 e. The fourth-order valence-electron chi connectivity index (χ4n) is 1.61. The van der Waals surface area contributed by atoms with E-state index >= 15 is 0 Å². The molecular weight excluding hydrogens is 242 g/mol. The molecule has 0 aliphatic heterocycles. The second-order valence-corrected chi connectivity index (χ2v) is 5.10. The summed E-state index contributed by atoms with van der Waals surface area (Å²) in [6.07, 6.45) is -0.108. The third-order valence-electron chi connectivity index (χ3n) is 2.98. The van der Waals surface area contributed by atoms with Crippen LogP contribution in [0, 0.1) is 0 Å². The monoisotopic (exact) mass is 265 g/mol. The topological polar surface area (TPSA) is 49.8 Å². The molecule has 0 aromatic heterocycles. The van der Waals surface area contributed by atoms with E-state index in [-0.39, 0.29) is 24.7 Å². The Morgan fingerprint density at radius 3 is 2.32 bits per heavy atom. The van der Waals surface area contributed by atoms with Crippen molar-refractivity contribution in [3.05, 3.63) is 35.4 Å². The Labute approximate surface area is 115 Å². The first-order valence-corrected chi connectivity index (χ1v) is 6.55. The summed E-state index contributed by atoms with van der Waals surface area (Å²) in [5.41, 5.74) is 1.67. The van der Waals surface area contributed by atoms with Crippen LogP contribution in [0.25, 0.3) is 0 Å². The standard InChI is InChI=1S/C15H23NO3/c1-11(2)19-15(18)14-7-5-13(6-8-14)9-16(4)12(3)10-17/h5-8,11-12,17H,9-10H2,1-4H3. The van der Waals surface area contributed by atoms with Crippen LogP contribution in [-0.4, -0.2) is 41.8 Å². The van der Waals surface area contributed by atoms with Crippen LogP contribution in [0.1, 0.15) is 36.7 Å². The molecule has 1 aromatic rings. The number of carbonyl (C=O) groups is 1. The molecule has 0 aliphatic rings. The number of hydrogen-bond donors (Lipinski definition) is 1. The normalized spacial score (nSPS) is 12.8. The number of benzene rings is 1. The number of carbonyl (C=O) groups excluding carboxylic acids is 1. The van der Waals surface area contributed by atoms with Crippen molar-refractivity contribution in [2.75, 3.05) is 13.7 Å². The van der Waals surface area contributed by atoms with Gasteiger partial charge in [0.1, 0.15) is 0 Å². The van der Waals surface area contributed by atoms with Gasteiger partial charge in [-0.1, -0.05) is 12.1 Å². The number of likely N-dealkylation sites (N-methyl/N-ethyl adjacent to an activating group) is 1. The molecule has 1 unspecified atom stereocenters. The molecule has 0 fully saturated rings. The minimum atomic E-state index is -0.293. The van der Waals surface area contributed by atoms with Crippen molar-refractivity contribution < 1.29 is 14.6 Å². The first-order chi connectivity index (χ1) is 8.93. The predicted molar refractivity (Wildman–Crippen MR) is 75.0 cm³/mol. The fraction of sp³-hybridized carbons (Fsp3) is 0.533. The maximum absolute atomic E-state index is 11.7. The zero-order chi connectivity index (χ0) is 14.4. The van der Waals surface area contributed by atoms with Gasteiger partial charge in [-0.25, -0.2) is 4.79 Å². The van der Waals surface area contributed by atoms with E-state index in [0.717, 1.165) is 12.1 Å². The van der Waals surface area contributed by atoms with E-state index in [0.29, 0.717) is 5.56 Å². The van der Waals surface area contributed by atoms with Gasteiger partial charge in [-0.3, -0.25) is 4.90 Å². The third-order valence-corrected chi connectivity index (χ3v) is 2.98. The van der Waals surface area contributed by atoms with Crippen molar-refractivity contribution >= 4 is 5.97 Å². The zero-order valence-electron chi connectivity index (χ0n) is 12.1. The zero-order valence-corrected chi connectivity index (χ0v) is 12.1. The fourth-order valence-corrected chi connectivity index (χ4v) is 1.61. The third kappa shape index (κ3) is 5.01. The minimum Gasteiger partial charge on any atom is -0.459 e. The molecule has 0 spiro atoms. The van der Waals surface area contributed by atoms with Crippen LogP contribution >= 0.6 is 0 Å². The molecule has 0 saturated carbocycles. The number of ether oxygens (including phenoxy) is 1. The SMILES string of the molecule is CC(C)OC(=O)c1ccc(CN(C)C(C)CO)cc1. The molecule has 1 N–H and O–H groups in total. The summed E-state index contributed by atoms with van der Waals surface area (Å²) < 4.78 is 5.13. The van der Waals surface area contributed by atoms with Gasteiger partial charge in [0, 0.05) is 12.6 Å². The molecule has 0 radical (unpaired) electrons. The molecule has 0 bridgehead atoms. The number of esters is 1. The van der Waals surface area contributed by atoms with E-state index in [9.17, 15) is 4.79 Å². The molecule has 0 heterocycles. The second-order valence-electron chi connectivity index (χ2n) is 5.10. The second kappa shape index (κ2) is 7.26. The molecule has 0 amide bonds. The number of hydrogen-bond acceptors (Lipinski definition) is 4. The summed E-state index contributed by atoms with van der Waals surface area (Å²) in [7, 11) is 1.96. The number of rotatable bonds is 6. The Kier molecular flexibility index (Phi) is 5.99. The van der Waals surface area contributed by atoms with Crippen molar-refractivity contribution in [2.24, 2.45) is 0 Å². The average Bonchev–Trinajstić information content (AvgIpc) is 2.37. The predicted octanol–water partition coefficient (Wildman–Crippen LogP) is 2.06. The summed E-state index contributed by atoms with van der Waals surface area (Å²) in [5.74, 6) is -0.293. The van der Waals surface area contributed by atoms with Crippen LogP contribution in [0.2, 0.25) is 0 Å². The molecule has 106 valence electrons. The van der Waals surface area contributed by atoms with Gasteiger partial charge < -0.3 is 9.84 Å². The van der Waals surface area contributed by atoms with Gasteiger partial charge in [0.15, 0.2) is 0 Å². The lowest BCUT2D eigenvalue weighted by Crippen LogP contribution is -2.31. The number of aliphatic hydroxyl groups excluding tert-OH is 1. The van der Waals surface area contributed by atoms with Crippen LogP contribution in [0.3, 0.4) is 0 Å². The molecule has 19 heavy (non-hydrogen) atoms. The van der Waals surface area contributed by atoms with Crippen LogP contribution in [0.4, 0.5) is 0 Å². The average molecular weight is 265 g/mol. The van der Waals surface area contributed by atoms with Gasteiger partial charge in [0.05, 0.1) is 18.3 Å². The van der Waals surface area contributed by atoms with E-state index in [2.05, 4.69) is 4.90 Å². The molecule has 1 atom stereocenters. The van der Waals surface area contributed by atoms with Gasteiger partial charge in [0.25, 0.3) is 0 Å². The van der Waals surface area contributed by atoms with Gasteiger partial charge in [-0.15, -0.1) is 0 Å². The van der Waals surface area contributed by atoms with Gasteiger partial charge in [-0.05, 0) is 45.5 Å². The van der Waals surface area contributed by atoms with Crippen molar-refractivity contribution in [3.8, 4) is 0 Å². The number of aliphatic hydroxyl groups is 1. The molecule has 4 nitrogen and oxygen atoms in total. The van der Waals surface area contributed by atoms with E-state index in [1.165, 1.54) is 0 Å². The molecule has 0 saturated heterocycles. The molecule has 1 aromatic carbocycles. The van der Waals surface area contributed by atoms with Gasteiger partial charge in [-0.2, -0.15) is 0 Å². The lowest BCUT2D eigenvalue weighted by Gasteiger charge is -2.22. The van der Waals surface area contributed by atoms with Gasteiger partial charge in [0.2, 0.25) is 0 Å². The summed E-state index contributed by atoms with van der Waals surface area (Å²) in [5, 5.41) is 9.08. The van der Waals surface area contributed by atoms with Crippen molar-refractivity contribution in [1.29, 1.82) is 0 Å². The highest BCUT2D eigenvalue weighted by atomic mass is 16.5. The summed E-state index contributed by atoms with van der Waals surface area (Å²) in [6.45, 7) is 6.50. The Hall–Kier alpha value is -1.39. The summed E-state index contributed by atoms with van der Waals surface area (Å²) in [4.78, 5) is 13.7. The van der Waals surface area contributed by atoms with E-state index in [4.69, 9.17) is 9.84 Å². The van der Waals surface area contributed by atoms with Gasteiger partial charge >= 0.3 is 5.97 Å². The molecule has 4 heteroatoms. The highest BCUT2D eigenvalue weighted by Gasteiger charge is 2.11. The van der Waals surface area contributed by atoms with Crippen LogP contribution in [0.5, 0.6) is 0 Å². The van der Waals surface area contributed by atoms with Crippen molar-refractivity contribution in [1.82, 2.24) is 4.90 Å². The smallest absolute Gasteiger partial charge is 0.338 e. The minimum absolute atomic E-state index is 0.108. The van der Waals surface area contributed by atoms with E-state index < -0.39 is 0 Å². The molecular formula is C15H23NO3. The van der Waals surface area contributed by atoms with Crippen molar-refractivity contribution in [3.63, 3.8) is 0 Å². The Balaban J connectivity index is 2.64. The molecule has 0 aliphatic carbocycles. The van der Waals surface area contributed by atoms with Crippen LogP contribution < -0.4 is 0 Å². The number of nitrogens with zero attached hydrogens (tertiary/aromatic N) is 1. The van der Waals surface area contributed by atoms with Crippen LogP contribution in [-0.2, 0) is 11.3 Å². The highest BCUT2D eigenvalue weighted by molar-refractivity contribution is 5.89. The van der Waals surface area contributed by atoms with Crippen LogP contribution in [0.15, 0.2) is 24.3 Å². The molecule has 1 rings (SSSR count). The summed E-state index contributed by atoms with van der Waals surface area (Å²) in [6, 6.07) is 7.50. The van der Waals surface area contributed by atoms with E-state index in [1.54, 1.807) is 12.1 Å². The first-order valence-electron chi connectivity index (χ1n) is 6.55. The Bertz CT molecular complexity index is 400. The highest BCUT2D eigenvalue weighted by Crippen LogP contribution is 2.10. The quantitative estimate of drug-likeness (QED) is 0.800.